The molecule has 1 aromatic heterocycles. The Kier molecular flexibility index (Phi) is 4.69. The molecule has 0 bridgehead atoms. The molecule has 22 heavy (non-hydrogen) atoms. The van der Waals surface area contributed by atoms with Crippen molar-refractivity contribution in [3.8, 4) is 0 Å². The second-order valence-electron chi connectivity index (χ2n) is 5.64. The SMILES string of the molecule is CC1CCN(c2nccc(Nc3cccc(Cl)c3Cl)n2)CC1. The third-order valence-electron chi connectivity index (χ3n) is 3.92. The molecule has 1 aliphatic heterocycles. The minimum atomic E-state index is 0.496. The van der Waals surface area contributed by atoms with Crippen molar-refractivity contribution in [2.75, 3.05) is 23.3 Å². The van der Waals surface area contributed by atoms with Gasteiger partial charge < -0.3 is 10.2 Å². The fraction of sp³-hybridized carbons (Fsp3) is 0.375. The molecule has 6 heteroatoms. The van der Waals surface area contributed by atoms with Gasteiger partial charge in [-0.15, -0.1) is 0 Å². The van der Waals surface area contributed by atoms with E-state index in [1.54, 1.807) is 12.3 Å². The van der Waals surface area contributed by atoms with Crippen LogP contribution in [0.3, 0.4) is 0 Å². The van der Waals surface area contributed by atoms with Gasteiger partial charge in [-0.1, -0.05) is 36.2 Å². The van der Waals surface area contributed by atoms with Crippen molar-refractivity contribution < 1.29 is 0 Å². The summed E-state index contributed by atoms with van der Waals surface area (Å²) in [6, 6.07) is 7.31. The molecule has 1 saturated heterocycles. The number of aromatic nitrogens is 2. The largest absolute Gasteiger partial charge is 0.341 e. The highest BCUT2D eigenvalue weighted by Crippen LogP contribution is 2.31. The number of rotatable bonds is 3. The molecule has 4 nitrogen and oxygen atoms in total. The Bertz CT molecular complexity index is 654. The highest BCUT2D eigenvalue weighted by molar-refractivity contribution is 6.43. The van der Waals surface area contributed by atoms with E-state index in [0.29, 0.717) is 15.9 Å². The van der Waals surface area contributed by atoms with Gasteiger partial charge in [-0.3, -0.25) is 0 Å². The maximum absolute atomic E-state index is 6.20. The lowest BCUT2D eigenvalue weighted by Gasteiger charge is -2.30. The van der Waals surface area contributed by atoms with Crippen molar-refractivity contribution in [3.63, 3.8) is 0 Å². The molecular formula is C16H18Cl2N4. The molecule has 0 spiro atoms. The second kappa shape index (κ2) is 6.71. The Labute approximate surface area is 140 Å². The van der Waals surface area contributed by atoms with E-state index in [1.807, 2.05) is 18.2 Å². The van der Waals surface area contributed by atoms with Crippen molar-refractivity contribution in [2.45, 2.75) is 19.8 Å². The molecule has 0 saturated carbocycles. The third-order valence-corrected chi connectivity index (χ3v) is 4.74. The molecule has 1 N–H and O–H groups in total. The first-order valence-corrected chi connectivity index (χ1v) is 8.18. The topological polar surface area (TPSA) is 41.1 Å². The first-order chi connectivity index (χ1) is 10.6. The van der Waals surface area contributed by atoms with Gasteiger partial charge in [0, 0.05) is 19.3 Å². The zero-order valence-corrected chi connectivity index (χ0v) is 13.9. The number of halogens is 2. The molecule has 0 amide bonds. The van der Waals surface area contributed by atoms with Crippen LogP contribution in [-0.4, -0.2) is 23.1 Å². The van der Waals surface area contributed by atoms with Crippen LogP contribution >= 0.6 is 23.2 Å². The van der Waals surface area contributed by atoms with E-state index in [-0.39, 0.29) is 0 Å². The van der Waals surface area contributed by atoms with Crippen molar-refractivity contribution in [1.82, 2.24) is 9.97 Å². The summed E-state index contributed by atoms with van der Waals surface area (Å²) in [5.74, 6) is 2.26. The number of nitrogens with one attached hydrogen (secondary N) is 1. The Morgan fingerprint density at radius 2 is 1.95 bits per heavy atom. The van der Waals surface area contributed by atoms with Crippen molar-refractivity contribution in [1.29, 1.82) is 0 Å². The summed E-state index contributed by atoms with van der Waals surface area (Å²) < 4.78 is 0. The van der Waals surface area contributed by atoms with E-state index in [1.165, 1.54) is 12.8 Å². The zero-order chi connectivity index (χ0) is 15.5. The number of benzene rings is 1. The van der Waals surface area contributed by atoms with E-state index in [4.69, 9.17) is 23.2 Å². The molecule has 0 radical (unpaired) electrons. The van der Waals surface area contributed by atoms with Crippen molar-refractivity contribution in [2.24, 2.45) is 5.92 Å². The number of anilines is 3. The van der Waals surface area contributed by atoms with Gasteiger partial charge in [-0.05, 0) is 37.0 Å². The number of hydrogen-bond acceptors (Lipinski definition) is 4. The van der Waals surface area contributed by atoms with Gasteiger partial charge >= 0.3 is 0 Å². The normalized spacial score (nSPS) is 15.9. The fourth-order valence-corrected chi connectivity index (χ4v) is 2.87. The number of hydrogen-bond donors (Lipinski definition) is 1. The monoisotopic (exact) mass is 336 g/mol. The lowest BCUT2D eigenvalue weighted by molar-refractivity contribution is 0.434. The molecular weight excluding hydrogens is 319 g/mol. The molecule has 116 valence electrons. The summed E-state index contributed by atoms with van der Waals surface area (Å²) in [4.78, 5) is 11.2. The second-order valence-corrected chi connectivity index (χ2v) is 6.42. The maximum Gasteiger partial charge on any atom is 0.227 e. The quantitative estimate of drug-likeness (QED) is 0.876. The van der Waals surface area contributed by atoms with Crippen LogP contribution < -0.4 is 10.2 Å². The Balaban J connectivity index is 1.78. The van der Waals surface area contributed by atoms with Gasteiger partial charge in [-0.25, -0.2) is 4.98 Å². The molecule has 1 aromatic carbocycles. The molecule has 3 rings (SSSR count). The van der Waals surface area contributed by atoms with Gasteiger partial charge in [0.05, 0.1) is 15.7 Å². The van der Waals surface area contributed by atoms with Crippen LogP contribution in [0.1, 0.15) is 19.8 Å². The molecule has 1 aliphatic rings. The van der Waals surface area contributed by atoms with Gasteiger partial charge in [0.25, 0.3) is 0 Å². The van der Waals surface area contributed by atoms with Crippen LogP contribution in [0.15, 0.2) is 30.5 Å². The van der Waals surface area contributed by atoms with Crippen LogP contribution in [-0.2, 0) is 0 Å². The van der Waals surface area contributed by atoms with Gasteiger partial charge in [0.1, 0.15) is 5.82 Å². The van der Waals surface area contributed by atoms with Crippen molar-refractivity contribution in [3.05, 3.63) is 40.5 Å². The summed E-state index contributed by atoms with van der Waals surface area (Å²) in [5.41, 5.74) is 0.742. The minimum absolute atomic E-state index is 0.496. The first-order valence-electron chi connectivity index (χ1n) is 7.42. The van der Waals surface area contributed by atoms with Crippen LogP contribution in [0.5, 0.6) is 0 Å². The lowest BCUT2D eigenvalue weighted by Crippen LogP contribution is -2.34. The molecule has 0 atom stereocenters. The van der Waals surface area contributed by atoms with Gasteiger partial charge in [0.15, 0.2) is 0 Å². The number of nitrogens with zero attached hydrogens (tertiary/aromatic N) is 3. The lowest BCUT2D eigenvalue weighted by atomic mass is 10.00. The van der Waals surface area contributed by atoms with Crippen LogP contribution in [0.25, 0.3) is 0 Å². The van der Waals surface area contributed by atoms with Crippen molar-refractivity contribution >= 4 is 40.7 Å². The van der Waals surface area contributed by atoms with E-state index < -0.39 is 0 Å². The van der Waals surface area contributed by atoms with Crippen LogP contribution in [0, 0.1) is 5.92 Å². The zero-order valence-electron chi connectivity index (χ0n) is 12.4. The van der Waals surface area contributed by atoms with E-state index in [2.05, 4.69) is 27.1 Å². The minimum Gasteiger partial charge on any atom is -0.341 e. The highest BCUT2D eigenvalue weighted by Gasteiger charge is 2.18. The maximum atomic E-state index is 6.20. The van der Waals surface area contributed by atoms with E-state index >= 15 is 0 Å². The molecule has 1 fully saturated rings. The highest BCUT2D eigenvalue weighted by atomic mass is 35.5. The molecule has 2 heterocycles. The summed E-state index contributed by atoms with van der Waals surface area (Å²) in [7, 11) is 0. The summed E-state index contributed by atoms with van der Waals surface area (Å²) >= 11 is 12.2. The van der Waals surface area contributed by atoms with Gasteiger partial charge in [-0.2, -0.15) is 4.98 Å². The predicted octanol–water partition coefficient (Wildman–Crippen LogP) is 4.76. The average molecular weight is 337 g/mol. The predicted molar refractivity (Wildman–Crippen MR) is 92.4 cm³/mol. The number of piperidine rings is 1. The standard InChI is InChI=1S/C16H18Cl2N4/c1-11-6-9-22(10-7-11)16-19-8-5-14(21-16)20-13-4-2-3-12(17)15(13)18/h2-5,8,11H,6-7,9-10H2,1H3,(H,19,20,21). The Morgan fingerprint density at radius 3 is 2.73 bits per heavy atom. The molecule has 0 unspecified atom stereocenters. The fourth-order valence-electron chi connectivity index (χ4n) is 2.52. The Hall–Kier alpha value is -1.52. The summed E-state index contributed by atoms with van der Waals surface area (Å²) in [5, 5.41) is 4.22. The molecule has 0 aliphatic carbocycles. The van der Waals surface area contributed by atoms with Gasteiger partial charge in [0.2, 0.25) is 5.95 Å². The summed E-state index contributed by atoms with van der Waals surface area (Å²) in [6.45, 7) is 4.29. The third kappa shape index (κ3) is 3.45. The van der Waals surface area contributed by atoms with Crippen LogP contribution in [0.2, 0.25) is 10.0 Å². The van der Waals surface area contributed by atoms with E-state index in [0.717, 1.165) is 30.6 Å². The average Bonchev–Trinajstić information content (AvgIpc) is 2.53. The molecule has 2 aromatic rings. The summed E-state index contributed by atoms with van der Waals surface area (Å²) in [6.07, 6.45) is 4.13. The van der Waals surface area contributed by atoms with Crippen LogP contribution in [0.4, 0.5) is 17.5 Å². The van der Waals surface area contributed by atoms with E-state index in [9.17, 15) is 0 Å². The Morgan fingerprint density at radius 1 is 1.18 bits per heavy atom. The first kappa shape index (κ1) is 15.4. The smallest absolute Gasteiger partial charge is 0.227 e.